The normalized spacial score (nSPS) is 15.2. The van der Waals surface area contributed by atoms with Crippen LogP contribution in [0.25, 0.3) is 0 Å². The third-order valence-electron chi connectivity index (χ3n) is 5.43. The predicted octanol–water partition coefficient (Wildman–Crippen LogP) is 2.39. The fraction of sp³-hybridized carbons (Fsp3) is 0.524. The Morgan fingerprint density at radius 2 is 1.97 bits per heavy atom. The number of nitrogens with one attached hydrogen (secondary N) is 1. The van der Waals surface area contributed by atoms with E-state index < -0.39 is 0 Å². The highest BCUT2D eigenvalue weighted by atomic mass is 127. The molecule has 1 N–H and O–H groups in total. The largest absolute Gasteiger partial charge is 0.354 e. The molecule has 0 bridgehead atoms. The molecule has 0 saturated carbocycles. The molecule has 0 unspecified atom stereocenters. The standard InChI is InChI=1S/C21H33N7.HI/c1-5-27-11-13-28(14-12-27)20-9-8-18(15-23-20)16-24-21(22-2)26(4)17-19-7-6-10-25(19)3;/h6-10,15H,5,11-14,16-17H2,1-4H3,(H,22,24);1H. The number of pyridine rings is 1. The zero-order valence-corrected chi connectivity index (χ0v) is 20.3. The van der Waals surface area contributed by atoms with Crippen LogP contribution in [0.4, 0.5) is 5.82 Å². The van der Waals surface area contributed by atoms with E-state index in [0.29, 0.717) is 6.54 Å². The van der Waals surface area contributed by atoms with Gasteiger partial charge in [0.15, 0.2) is 5.96 Å². The van der Waals surface area contributed by atoms with Crippen LogP contribution in [0, 0.1) is 0 Å². The van der Waals surface area contributed by atoms with Gasteiger partial charge in [0.25, 0.3) is 0 Å². The van der Waals surface area contributed by atoms with Crippen LogP contribution in [0.3, 0.4) is 0 Å². The maximum absolute atomic E-state index is 4.68. The number of aryl methyl sites for hydroxylation is 1. The molecule has 1 fully saturated rings. The predicted molar refractivity (Wildman–Crippen MR) is 131 cm³/mol. The van der Waals surface area contributed by atoms with Crippen molar-refractivity contribution in [2.75, 3.05) is 51.7 Å². The topological polar surface area (TPSA) is 51.9 Å². The first-order valence-electron chi connectivity index (χ1n) is 10.0. The van der Waals surface area contributed by atoms with Crippen molar-refractivity contribution in [2.45, 2.75) is 20.0 Å². The minimum absolute atomic E-state index is 0. The van der Waals surface area contributed by atoms with E-state index in [1.807, 2.05) is 13.2 Å². The van der Waals surface area contributed by atoms with Gasteiger partial charge < -0.3 is 24.6 Å². The third-order valence-corrected chi connectivity index (χ3v) is 5.43. The Bertz CT molecular complexity index is 764. The number of rotatable bonds is 6. The van der Waals surface area contributed by atoms with Gasteiger partial charge in [0.1, 0.15) is 5.82 Å². The fourth-order valence-electron chi connectivity index (χ4n) is 3.55. The molecule has 2 aromatic rings. The molecule has 0 spiro atoms. The van der Waals surface area contributed by atoms with Crippen molar-refractivity contribution < 1.29 is 0 Å². The lowest BCUT2D eigenvalue weighted by Gasteiger charge is -2.34. The number of nitrogens with zero attached hydrogens (tertiary/aromatic N) is 6. The summed E-state index contributed by atoms with van der Waals surface area (Å²) < 4.78 is 2.13. The molecule has 0 aromatic carbocycles. The number of aromatic nitrogens is 2. The summed E-state index contributed by atoms with van der Waals surface area (Å²) in [5.74, 6) is 1.95. The van der Waals surface area contributed by atoms with Crippen molar-refractivity contribution in [3.63, 3.8) is 0 Å². The SMILES string of the molecule is CCN1CCN(c2ccc(CNC(=NC)N(C)Cc3cccn3C)cn2)CC1.I. The summed E-state index contributed by atoms with van der Waals surface area (Å²) in [5, 5.41) is 3.44. The van der Waals surface area contributed by atoms with Crippen LogP contribution in [0.5, 0.6) is 0 Å². The van der Waals surface area contributed by atoms with E-state index in [-0.39, 0.29) is 24.0 Å². The van der Waals surface area contributed by atoms with Crippen LogP contribution < -0.4 is 10.2 Å². The van der Waals surface area contributed by atoms with E-state index in [1.54, 1.807) is 0 Å². The molecular weight excluding hydrogens is 477 g/mol. The Morgan fingerprint density at radius 1 is 1.21 bits per heavy atom. The van der Waals surface area contributed by atoms with E-state index >= 15 is 0 Å². The number of hydrogen-bond donors (Lipinski definition) is 1. The van der Waals surface area contributed by atoms with E-state index in [2.05, 4.69) is 86.0 Å². The summed E-state index contributed by atoms with van der Waals surface area (Å²) in [7, 11) is 5.94. The van der Waals surface area contributed by atoms with Gasteiger partial charge in [-0.3, -0.25) is 4.99 Å². The highest BCUT2D eigenvalue weighted by Gasteiger charge is 2.16. The van der Waals surface area contributed by atoms with Crippen LogP contribution >= 0.6 is 24.0 Å². The Labute approximate surface area is 191 Å². The number of hydrogen-bond acceptors (Lipinski definition) is 4. The molecule has 160 valence electrons. The smallest absolute Gasteiger partial charge is 0.194 e. The monoisotopic (exact) mass is 511 g/mol. The van der Waals surface area contributed by atoms with Crippen LogP contribution in [-0.4, -0.2) is 72.1 Å². The van der Waals surface area contributed by atoms with Gasteiger partial charge >= 0.3 is 0 Å². The molecule has 1 saturated heterocycles. The lowest BCUT2D eigenvalue weighted by Crippen LogP contribution is -2.46. The Balaban J connectivity index is 0.00000300. The van der Waals surface area contributed by atoms with E-state index in [9.17, 15) is 0 Å². The summed E-state index contributed by atoms with van der Waals surface area (Å²) in [6, 6.07) is 8.49. The molecule has 8 heteroatoms. The molecule has 7 nitrogen and oxygen atoms in total. The van der Waals surface area contributed by atoms with Crippen LogP contribution in [0.15, 0.2) is 41.7 Å². The van der Waals surface area contributed by atoms with Gasteiger partial charge in [-0.25, -0.2) is 4.98 Å². The average Bonchev–Trinajstić information content (AvgIpc) is 3.13. The first-order chi connectivity index (χ1) is 13.6. The number of anilines is 1. The first-order valence-corrected chi connectivity index (χ1v) is 10.0. The van der Waals surface area contributed by atoms with E-state index in [4.69, 9.17) is 0 Å². The summed E-state index contributed by atoms with van der Waals surface area (Å²) in [5.41, 5.74) is 2.41. The Kier molecular flexibility index (Phi) is 9.22. The fourth-order valence-corrected chi connectivity index (χ4v) is 3.55. The van der Waals surface area contributed by atoms with Crippen molar-refractivity contribution in [1.82, 2.24) is 24.7 Å². The Hall–Kier alpha value is -1.81. The van der Waals surface area contributed by atoms with Gasteiger partial charge in [-0.2, -0.15) is 0 Å². The zero-order valence-electron chi connectivity index (χ0n) is 18.0. The molecule has 0 radical (unpaired) electrons. The number of piperazine rings is 1. The zero-order chi connectivity index (χ0) is 19.9. The minimum atomic E-state index is 0. The summed E-state index contributed by atoms with van der Waals surface area (Å²) in [4.78, 5) is 16.1. The molecule has 2 aromatic heterocycles. The number of likely N-dealkylation sites (N-methyl/N-ethyl adjacent to an activating group) is 1. The van der Waals surface area contributed by atoms with Gasteiger partial charge in [-0.05, 0) is 30.3 Å². The quantitative estimate of drug-likeness (QED) is 0.367. The van der Waals surface area contributed by atoms with Gasteiger partial charge in [0, 0.05) is 72.0 Å². The first kappa shape index (κ1) is 23.5. The van der Waals surface area contributed by atoms with Crippen molar-refractivity contribution in [3.8, 4) is 0 Å². The van der Waals surface area contributed by atoms with Crippen molar-refractivity contribution >= 4 is 35.8 Å². The number of guanidine groups is 1. The second-order valence-electron chi connectivity index (χ2n) is 7.31. The van der Waals surface area contributed by atoms with E-state index in [0.717, 1.165) is 56.6 Å². The lowest BCUT2D eigenvalue weighted by atomic mass is 10.2. The molecule has 0 atom stereocenters. The van der Waals surface area contributed by atoms with Gasteiger partial charge in [-0.15, -0.1) is 24.0 Å². The molecule has 1 aliphatic heterocycles. The number of halogens is 1. The van der Waals surface area contributed by atoms with E-state index in [1.165, 1.54) is 5.69 Å². The highest BCUT2D eigenvalue weighted by Crippen LogP contribution is 2.14. The molecular formula is C21H34IN7. The molecule has 3 heterocycles. The second kappa shape index (κ2) is 11.4. The van der Waals surface area contributed by atoms with Gasteiger partial charge in [0.2, 0.25) is 0 Å². The third kappa shape index (κ3) is 6.33. The molecule has 29 heavy (non-hydrogen) atoms. The second-order valence-corrected chi connectivity index (χ2v) is 7.31. The average molecular weight is 511 g/mol. The molecule has 0 amide bonds. The maximum atomic E-state index is 4.68. The van der Waals surface area contributed by atoms with Crippen molar-refractivity contribution in [3.05, 3.63) is 47.9 Å². The molecule has 1 aliphatic rings. The molecule has 0 aliphatic carbocycles. The summed E-state index contributed by atoms with van der Waals surface area (Å²) >= 11 is 0. The Morgan fingerprint density at radius 3 is 2.52 bits per heavy atom. The van der Waals surface area contributed by atoms with Gasteiger partial charge in [0.05, 0.1) is 6.54 Å². The maximum Gasteiger partial charge on any atom is 0.194 e. The van der Waals surface area contributed by atoms with Crippen molar-refractivity contribution in [2.24, 2.45) is 12.0 Å². The summed E-state index contributed by atoms with van der Waals surface area (Å²) in [6.07, 6.45) is 4.04. The highest BCUT2D eigenvalue weighted by molar-refractivity contribution is 14.0. The minimum Gasteiger partial charge on any atom is -0.354 e. The summed E-state index contributed by atoms with van der Waals surface area (Å²) in [6.45, 7) is 9.21. The lowest BCUT2D eigenvalue weighted by molar-refractivity contribution is 0.270. The van der Waals surface area contributed by atoms with Crippen molar-refractivity contribution in [1.29, 1.82) is 0 Å². The molecule has 3 rings (SSSR count). The van der Waals surface area contributed by atoms with Crippen LogP contribution in [0.2, 0.25) is 0 Å². The van der Waals surface area contributed by atoms with Gasteiger partial charge in [-0.1, -0.05) is 13.0 Å². The number of aliphatic imine (C=N–C) groups is 1. The van der Waals surface area contributed by atoms with Crippen LogP contribution in [0.1, 0.15) is 18.2 Å². The van der Waals surface area contributed by atoms with Crippen LogP contribution in [-0.2, 0) is 20.1 Å².